The molecule has 1 atom stereocenters. The first kappa shape index (κ1) is 15.1. The minimum Gasteiger partial charge on any atom is -0.463 e. The van der Waals surface area contributed by atoms with E-state index in [1.807, 2.05) is 0 Å². The number of carbonyl (C=O) groups is 1. The van der Waals surface area contributed by atoms with Crippen LogP contribution in [-0.4, -0.2) is 60.5 Å². The van der Waals surface area contributed by atoms with Crippen molar-refractivity contribution in [2.75, 3.05) is 27.2 Å². The van der Waals surface area contributed by atoms with E-state index in [0.717, 1.165) is 5.52 Å². The van der Waals surface area contributed by atoms with Crippen molar-refractivity contribution in [1.29, 1.82) is 0 Å². The lowest BCUT2D eigenvalue weighted by Gasteiger charge is -2.19. The Hall–Kier alpha value is -1.80. The Bertz CT molecular complexity index is 818. The molecule has 2 aromatic heterocycles. The molecule has 1 aliphatic rings. The standard InChI is InChI=1S/C14H19N3O4S/c1-15(2)22(19,20)10-4-6-17(9-10)14(18)12-8-13-11(16(12)3)5-7-21-13/h5,7-8,10H,4,6,9H2,1-3H3. The van der Waals surface area contributed by atoms with Crippen molar-refractivity contribution in [2.45, 2.75) is 11.7 Å². The fourth-order valence-electron chi connectivity index (χ4n) is 2.87. The number of rotatable bonds is 3. The number of fused-ring (bicyclic) bond motifs is 1. The molecule has 0 aromatic carbocycles. The van der Waals surface area contributed by atoms with Crippen LogP contribution in [-0.2, 0) is 17.1 Å². The smallest absolute Gasteiger partial charge is 0.270 e. The molecular formula is C14H19N3O4S. The number of hydrogen-bond acceptors (Lipinski definition) is 4. The number of aromatic nitrogens is 1. The van der Waals surface area contributed by atoms with Gasteiger partial charge >= 0.3 is 0 Å². The zero-order valence-corrected chi connectivity index (χ0v) is 13.6. The molecule has 0 saturated carbocycles. The number of likely N-dealkylation sites (tertiary alicyclic amines) is 1. The van der Waals surface area contributed by atoms with Crippen LogP contribution in [0.3, 0.4) is 0 Å². The fourth-order valence-corrected chi connectivity index (χ4v) is 4.24. The van der Waals surface area contributed by atoms with E-state index < -0.39 is 15.3 Å². The predicted molar refractivity (Wildman–Crippen MR) is 82.1 cm³/mol. The summed E-state index contributed by atoms with van der Waals surface area (Å²) >= 11 is 0. The summed E-state index contributed by atoms with van der Waals surface area (Å²) in [5, 5.41) is -0.533. The molecule has 22 heavy (non-hydrogen) atoms. The molecule has 7 nitrogen and oxygen atoms in total. The summed E-state index contributed by atoms with van der Waals surface area (Å²) in [6.45, 7) is 0.676. The van der Waals surface area contributed by atoms with Crippen molar-refractivity contribution >= 4 is 27.0 Å². The molecule has 1 fully saturated rings. The lowest BCUT2D eigenvalue weighted by molar-refractivity contribution is 0.0784. The van der Waals surface area contributed by atoms with Gasteiger partial charge in [-0.25, -0.2) is 12.7 Å². The first-order chi connectivity index (χ1) is 10.3. The van der Waals surface area contributed by atoms with E-state index in [0.29, 0.717) is 24.2 Å². The summed E-state index contributed by atoms with van der Waals surface area (Å²) in [6.07, 6.45) is 2.04. The van der Waals surface area contributed by atoms with E-state index >= 15 is 0 Å². The van der Waals surface area contributed by atoms with Crippen LogP contribution in [0.4, 0.5) is 0 Å². The number of carbonyl (C=O) groups excluding carboxylic acids is 1. The van der Waals surface area contributed by atoms with Crippen molar-refractivity contribution in [3.05, 3.63) is 24.1 Å². The molecule has 1 saturated heterocycles. The molecule has 1 aliphatic heterocycles. The van der Waals surface area contributed by atoms with Crippen LogP contribution < -0.4 is 0 Å². The molecule has 1 unspecified atom stereocenters. The average Bonchev–Trinajstić information content (AvgIpc) is 3.15. The van der Waals surface area contributed by atoms with Gasteiger partial charge in [-0.1, -0.05) is 0 Å². The highest BCUT2D eigenvalue weighted by atomic mass is 32.2. The van der Waals surface area contributed by atoms with Crippen LogP contribution >= 0.6 is 0 Å². The lowest BCUT2D eigenvalue weighted by atomic mass is 10.3. The highest BCUT2D eigenvalue weighted by molar-refractivity contribution is 7.89. The average molecular weight is 325 g/mol. The summed E-state index contributed by atoms with van der Waals surface area (Å²) in [5.74, 6) is -0.162. The highest BCUT2D eigenvalue weighted by Crippen LogP contribution is 2.24. The number of nitrogens with zero attached hydrogens (tertiary/aromatic N) is 3. The fraction of sp³-hybridized carbons (Fsp3) is 0.500. The summed E-state index contributed by atoms with van der Waals surface area (Å²) in [6, 6.07) is 3.50. The number of amides is 1. The molecule has 8 heteroatoms. The van der Waals surface area contributed by atoms with Gasteiger partial charge in [0, 0.05) is 46.4 Å². The highest BCUT2D eigenvalue weighted by Gasteiger charge is 2.37. The largest absolute Gasteiger partial charge is 0.463 e. The van der Waals surface area contributed by atoms with Crippen LogP contribution in [0.5, 0.6) is 0 Å². The van der Waals surface area contributed by atoms with Gasteiger partial charge in [-0.15, -0.1) is 0 Å². The van der Waals surface area contributed by atoms with Crippen molar-refractivity contribution in [2.24, 2.45) is 7.05 Å². The lowest BCUT2D eigenvalue weighted by Crippen LogP contribution is -2.37. The third kappa shape index (κ3) is 2.22. The molecule has 0 aliphatic carbocycles. The van der Waals surface area contributed by atoms with E-state index in [2.05, 4.69) is 0 Å². The van der Waals surface area contributed by atoms with Crippen molar-refractivity contribution in [3.63, 3.8) is 0 Å². The zero-order chi connectivity index (χ0) is 16.1. The normalized spacial score (nSPS) is 19.5. The summed E-state index contributed by atoms with van der Waals surface area (Å²) in [7, 11) is 1.50. The molecule has 2 aromatic rings. The van der Waals surface area contributed by atoms with Gasteiger partial charge in [0.15, 0.2) is 5.58 Å². The van der Waals surface area contributed by atoms with Gasteiger partial charge in [-0.3, -0.25) is 4.79 Å². The van der Waals surface area contributed by atoms with Crippen LogP contribution in [0.2, 0.25) is 0 Å². The third-order valence-electron chi connectivity index (χ3n) is 4.25. The number of furan rings is 1. The number of aryl methyl sites for hydroxylation is 1. The minimum absolute atomic E-state index is 0.162. The summed E-state index contributed by atoms with van der Waals surface area (Å²) in [4.78, 5) is 14.2. The number of hydrogen-bond donors (Lipinski definition) is 0. The van der Waals surface area contributed by atoms with Gasteiger partial charge in [-0.05, 0) is 6.42 Å². The van der Waals surface area contributed by atoms with E-state index in [1.165, 1.54) is 18.4 Å². The Balaban J connectivity index is 1.82. The Morgan fingerprint density at radius 3 is 2.77 bits per heavy atom. The van der Waals surface area contributed by atoms with Crippen LogP contribution in [0, 0.1) is 0 Å². The van der Waals surface area contributed by atoms with Crippen LogP contribution in [0.1, 0.15) is 16.9 Å². The van der Waals surface area contributed by atoms with Gasteiger partial charge < -0.3 is 13.9 Å². The van der Waals surface area contributed by atoms with E-state index in [1.54, 1.807) is 34.9 Å². The summed E-state index contributed by atoms with van der Waals surface area (Å²) in [5.41, 5.74) is 2.01. The van der Waals surface area contributed by atoms with E-state index in [9.17, 15) is 13.2 Å². The second-order valence-electron chi connectivity index (χ2n) is 5.75. The number of sulfonamides is 1. The maximum atomic E-state index is 12.6. The second-order valence-corrected chi connectivity index (χ2v) is 8.17. The van der Waals surface area contributed by atoms with Gasteiger partial charge in [-0.2, -0.15) is 0 Å². The summed E-state index contributed by atoms with van der Waals surface area (Å²) < 4.78 is 32.6. The molecule has 3 rings (SSSR count). The molecule has 3 heterocycles. The van der Waals surface area contributed by atoms with Crippen molar-refractivity contribution in [1.82, 2.24) is 13.8 Å². The van der Waals surface area contributed by atoms with Gasteiger partial charge in [0.2, 0.25) is 10.0 Å². The first-order valence-corrected chi connectivity index (χ1v) is 8.56. The molecule has 0 N–H and O–H groups in total. The molecule has 0 bridgehead atoms. The molecule has 0 spiro atoms. The first-order valence-electron chi connectivity index (χ1n) is 7.06. The van der Waals surface area contributed by atoms with Gasteiger partial charge in [0.05, 0.1) is 17.0 Å². The Morgan fingerprint density at radius 1 is 1.41 bits per heavy atom. The Labute approximate surface area is 129 Å². The maximum absolute atomic E-state index is 12.6. The van der Waals surface area contributed by atoms with Crippen molar-refractivity contribution < 1.29 is 17.6 Å². The minimum atomic E-state index is -3.34. The Morgan fingerprint density at radius 2 is 2.14 bits per heavy atom. The SMILES string of the molecule is CN(C)S(=O)(=O)C1CCN(C(=O)c2cc3occc3n2C)C1. The second kappa shape index (κ2) is 5.13. The van der Waals surface area contributed by atoms with E-state index in [-0.39, 0.29) is 12.5 Å². The monoisotopic (exact) mass is 325 g/mol. The quantitative estimate of drug-likeness (QED) is 0.839. The van der Waals surface area contributed by atoms with E-state index in [4.69, 9.17) is 4.42 Å². The molecule has 1 amide bonds. The molecular weight excluding hydrogens is 306 g/mol. The predicted octanol–water partition coefficient (Wildman–Crippen LogP) is 0.877. The van der Waals surface area contributed by atoms with Gasteiger partial charge in [0.1, 0.15) is 5.69 Å². The molecule has 0 radical (unpaired) electrons. The molecule has 120 valence electrons. The Kier molecular flexibility index (Phi) is 3.53. The topological polar surface area (TPSA) is 75.8 Å². The van der Waals surface area contributed by atoms with Crippen molar-refractivity contribution in [3.8, 4) is 0 Å². The zero-order valence-electron chi connectivity index (χ0n) is 12.8. The maximum Gasteiger partial charge on any atom is 0.270 e. The third-order valence-corrected chi connectivity index (χ3v) is 6.49. The van der Waals surface area contributed by atoms with Gasteiger partial charge in [0.25, 0.3) is 5.91 Å². The van der Waals surface area contributed by atoms with Crippen LogP contribution in [0.15, 0.2) is 22.8 Å². The van der Waals surface area contributed by atoms with Crippen LogP contribution in [0.25, 0.3) is 11.1 Å².